The van der Waals surface area contributed by atoms with Gasteiger partial charge in [-0.2, -0.15) is 0 Å². The minimum atomic E-state index is -3.93. The molecule has 1 aliphatic rings. The van der Waals surface area contributed by atoms with Gasteiger partial charge in [0.15, 0.2) is 5.78 Å². The van der Waals surface area contributed by atoms with Gasteiger partial charge in [0.25, 0.3) is 10.0 Å². The molecule has 1 aliphatic carbocycles. The number of carbonyl (C=O) groups is 2. The molecular formula is C17H16N2O4S. The molecule has 3 rings (SSSR count). The third-order valence-corrected chi connectivity index (χ3v) is 5.19. The number of Topliss-reactive ketones (excluding diaryl/α,β-unsaturated/α-hetero) is 1. The second-order valence-corrected chi connectivity index (χ2v) is 7.35. The van der Waals surface area contributed by atoms with Crippen LogP contribution in [-0.2, 0) is 16.4 Å². The normalized spacial score (nSPS) is 13.5. The molecule has 0 aromatic heterocycles. The second-order valence-electron chi connectivity index (χ2n) is 5.67. The number of fused-ring (bicyclic) bond motifs is 1. The highest BCUT2D eigenvalue weighted by atomic mass is 32.2. The van der Waals surface area contributed by atoms with E-state index < -0.39 is 16.1 Å². The van der Waals surface area contributed by atoms with Crippen molar-refractivity contribution >= 4 is 27.5 Å². The number of nitrogens with one attached hydrogen (secondary N) is 2. The number of sulfonamides is 1. The van der Waals surface area contributed by atoms with Gasteiger partial charge in [-0.25, -0.2) is 17.9 Å². The lowest BCUT2D eigenvalue weighted by Gasteiger charge is -2.10. The van der Waals surface area contributed by atoms with Crippen molar-refractivity contribution in [2.75, 3.05) is 5.32 Å². The molecule has 0 unspecified atom stereocenters. The Bertz CT molecular complexity index is 918. The van der Waals surface area contributed by atoms with Gasteiger partial charge in [0.2, 0.25) is 0 Å². The summed E-state index contributed by atoms with van der Waals surface area (Å²) in [6.07, 6.45) is 1.10. The van der Waals surface area contributed by atoms with E-state index >= 15 is 0 Å². The number of carbonyl (C=O) groups excluding carboxylic acids is 2. The minimum absolute atomic E-state index is 0.0165. The summed E-state index contributed by atoms with van der Waals surface area (Å²) in [7, 11) is -3.93. The Hall–Kier alpha value is -2.67. The monoisotopic (exact) mass is 344 g/mol. The molecule has 0 saturated carbocycles. The number of hydrogen-bond donors (Lipinski definition) is 2. The topological polar surface area (TPSA) is 92.3 Å². The molecule has 0 saturated heterocycles. The van der Waals surface area contributed by atoms with Gasteiger partial charge >= 0.3 is 6.03 Å². The van der Waals surface area contributed by atoms with Crippen molar-refractivity contribution < 1.29 is 18.0 Å². The third-order valence-electron chi connectivity index (χ3n) is 3.84. The number of aryl methyl sites for hydroxylation is 2. The summed E-state index contributed by atoms with van der Waals surface area (Å²) >= 11 is 0. The molecule has 2 N–H and O–H groups in total. The summed E-state index contributed by atoms with van der Waals surface area (Å²) in [4.78, 5) is 23.6. The maximum atomic E-state index is 12.2. The molecule has 0 spiro atoms. The lowest BCUT2D eigenvalue weighted by molar-refractivity contribution is 0.0994. The first-order valence-electron chi connectivity index (χ1n) is 7.42. The number of amides is 2. The van der Waals surface area contributed by atoms with Gasteiger partial charge in [0.1, 0.15) is 0 Å². The fraction of sp³-hybridized carbons (Fsp3) is 0.176. The molecule has 0 radical (unpaired) electrons. The second kappa shape index (κ2) is 6.09. The number of hydrogen-bond acceptors (Lipinski definition) is 4. The van der Waals surface area contributed by atoms with Crippen molar-refractivity contribution in [2.45, 2.75) is 24.7 Å². The minimum Gasteiger partial charge on any atom is -0.307 e. The zero-order valence-corrected chi connectivity index (χ0v) is 13.8. The van der Waals surface area contributed by atoms with Crippen LogP contribution in [0.4, 0.5) is 10.5 Å². The SMILES string of the molecule is Cc1ccc(S(=O)(=O)NC(=O)Nc2ccc3c(c2)CCC3=O)cc1. The van der Waals surface area contributed by atoms with Gasteiger partial charge in [0.05, 0.1) is 4.90 Å². The lowest BCUT2D eigenvalue weighted by atomic mass is 10.1. The van der Waals surface area contributed by atoms with Crippen LogP contribution in [0.2, 0.25) is 0 Å². The summed E-state index contributed by atoms with van der Waals surface area (Å²) in [6, 6.07) is 10.3. The van der Waals surface area contributed by atoms with Crippen LogP contribution in [0.3, 0.4) is 0 Å². The average Bonchev–Trinajstić information content (AvgIpc) is 2.88. The Balaban J connectivity index is 1.72. The van der Waals surface area contributed by atoms with Gasteiger partial charge in [-0.05, 0) is 49.2 Å². The zero-order valence-electron chi connectivity index (χ0n) is 13.0. The van der Waals surface area contributed by atoms with Gasteiger partial charge < -0.3 is 5.32 Å². The molecule has 0 atom stereocenters. The van der Waals surface area contributed by atoms with Crippen LogP contribution in [0.15, 0.2) is 47.4 Å². The quantitative estimate of drug-likeness (QED) is 0.895. The van der Waals surface area contributed by atoms with Gasteiger partial charge in [0, 0.05) is 17.7 Å². The summed E-state index contributed by atoms with van der Waals surface area (Å²) < 4.78 is 26.3. The van der Waals surface area contributed by atoms with E-state index in [1.165, 1.54) is 12.1 Å². The number of rotatable bonds is 3. The Labute approximate surface area is 139 Å². The van der Waals surface area contributed by atoms with Crippen molar-refractivity contribution in [1.82, 2.24) is 4.72 Å². The molecule has 24 heavy (non-hydrogen) atoms. The standard InChI is InChI=1S/C17H16N2O4S/c1-11-2-6-14(7-3-11)24(22,23)19-17(21)18-13-5-8-15-12(10-13)4-9-16(15)20/h2-3,5-8,10H,4,9H2,1H3,(H2,18,19,21). The van der Waals surface area contributed by atoms with Crippen molar-refractivity contribution in [1.29, 1.82) is 0 Å². The fourth-order valence-corrected chi connectivity index (χ4v) is 3.50. The molecule has 0 heterocycles. The highest BCUT2D eigenvalue weighted by molar-refractivity contribution is 7.90. The Morgan fingerprint density at radius 3 is 2.46 bits per heavy atom. The van der Waals surface area contributed by atoms with E-state index in [0.29, 0.717) is 24.1 Å². The number of anilines is 1. The van der Waals surface area contributed by atoms with Crippen LogP contribution in [0.25, 0.3) is 0 Å². The largest absolute Gasteiger partial charge is 0.333 e. The van der Waals surface area contributed by atoms with Crippen LogP contribution < -0.4 is 10.0 Å². The van der Waals surface area contributed by atoms with Crippen molar-refractivity contribution in [3.63, 3.8) is 0 Å². The van der Waals surface area contributed by atoms with E-state index in [9.17, 15) is 18.0 Å². The third kappa shape index (κ3) is 3.30. The average molecular weight is 344 g/mol. The van der Waals surface area contributed by atoms with Crippen LogP contribution in [0, 0.1) is 6.92 Å². The maximum Gasteiger partial charge on any atom is 0.333 e. The zero-order chi connectivity index (χ0) is 17.3. The van der Waals surface area contributed by atoms with E-state index in [4.69, 9.17) is 0 Å². The van der Waals surface area contributed by atoms with Crippen LogP contribution in [0.1, 0.15) is 27.9 Å². The predicted molar refractivity (Wildman–Crippen MR) is 89.6 cm³/mol. The molecule has 0 fully saturated rings. The molecule has 0 bridgehead atoms. The first kappa shape index (κ1) is 16.2. The first-order valence-corrected chi connectivity index (χ1v) is 8.90. The Morgan fingerprint density at radius 1 is 1.04 bits per heavy atom. The molecule has 6 nitrogen and oxygen atoms in total. The van der Waals surface area contributed by atoms with Gasteiger partial charge in [-0.3, -0.25) is 4.79 Å². The van der Waals surface area contributed by atoms with E-state index in [2.05, 4.69) is 5.32 Å². The van der Waals surface area contributed by atoms with Crippen LogP contribution in [0.5, 0.6) is 0 Å². The van der Waals surface area contributed by atoms with E-state index in [1.807, 2.05) is 11.6 Å². The highest BCUT2D eigenvalue weighted by Gasteiger charge is 2.21. The first-order chi connectivity index (χ1) is 11.3. The Morgan fingerprint density at radius 2 is 1.75 bits per heavy atom. The molecule has 2 aromatic rings. The van der Waals surface area contributed by atoms with Gasteiger partial charge in [-0.1, -0.05) is 17.7 Å². The molecule has 0 aliphatic heterocycles. The summed E-state index contributed by atoms with van der Waals surface area (Å²) in [6.45, 7) is 1.84. The maximum absolute atomic E-state index is 12.2. The lowest BCUT2D eigenvalue weighted by Crippen LogP contribution is -2.34. The summed E-state index contributed by atoms with van der Waals surface area (Å²) in [5.41, 5.74) is 2.89. The predicted octanol–water partition coefficient (Wildman–Crippen LogP) is 2.63. The van der Waals surface area contributed by atoms with E-state index in [0.717, 1.165) is 11.1 Å². The van der Waals surface area contributed by atoms with E-state index in [-0.39, 0.29) is 10.7 Å². The highest BCUT2D eigenvalue weighted by Crippen LogP contribution is 2.25. The molecule has 124 valence electrons. The van der Waals surface area contributed by atoms with Crippen LogP contribution in [-0.4, -0.2) is 20.2 Å². The smallest absolute Gasteiger partial charge is 0.307 e. The molecule has 7 heteroatoms. The van der Waals surface area contributed by atoms with Crippen molar-refractivity contribution in [3.8, 4) is 0 Å². The fourth-order valence-electron chi connectivity index (χ4n) is 2.59. The number of benzene rings is 2. The molecule has 2 aromatic carbocycles. The summed E-state index contributed by atoms with van der Waals surface area (Å²) in [5, 5.41) is 2.48. The van der Waals surface area contributed by atoms with Crippen molar-refractivity contribution in [3.05, 3.63) is 59.2 Å². The van der Waals surface area contributed by atoms with Crippen molar-refractivity contribution in [2.24, 2.45) is 0 Å². The summed E-state index contributed by atoms with van der Waals surface area (Å²) in [5.74, 6) is 0.0861. The van der Waals surface area contributed by atoms with Crippen LogP contribution >= 0.6 is 0 Å². The molecular weight excluding hydrogens is 328 g/mol. The van der Waals surface area contributed by atoms with E-state index in [1.54, 1.807) is 30.3 Å². The molecule has 2 amide bonds. The number of ketones is 1. The number of urea groups is 1. The van der Waals surface area contributed by atoms with Gasteiger partial charge in [-0.15, -0.1) is 0 Å². The Kier molecular flexibility index (Phi) is 4.11.